The molecule has 0 aromatic rings. The number of nitrogens with one attached hydrogen (secondary N) is 1. The Hall–Kier alpha value is -0.850. The second-order valence-corrected chi connectivity index (χ2v) is 1.14. The molecule has 0 unspecified atom stereocenters. The minimum atomic E-state index is 0.861. The Bertz CT molecular complexity index is 90.7. The summed E-state index contributed by atoms with van der Waals surface area (Å²) in [5, 5.41) is 6.70. The van der Waals surface area contributed by atoms with Crippen molar-refractivity contribution >= 4 is 6.21 Å². The molecule has 1 heteroatoms. The van der Waals surface area contributed by atoms with Crippen LogP contribution in [0.15, 0.2) is 24.3 Å². The maximum absolute atomic E-state index is 6.70. The first-order chi connectivity index (χ1) is 3.35. The predicted molar refractivity (Wildman–Crippen MR) is 32.7 cm³/mol. The van der Waals surface area contributed by atoms with Crippen LogP contribution in [0.25, 0.3) is 0 Å². The lowest BCUT2D eigenvalue weighted by atomic mass is 10.3. The number of hydrogen-bond acceptors (Lipinski definition) is 1. The number of rotatable bonds is 2. The van der Waals surface area contributed by atoms with Crippen molar-refractivity contribution in [3.8, 4) is 0 Å². The Kier molecular flexibility index (Phi) is 2.94. The molecule has 0 aliphatic rings. The van der Waals surface area contributed by atoms with Crippen LogP contribution in [-0.2, 0) is 0 Å². The third kappa shape index (κ3) is 1.93. The second-order valence-electron chi connectivity index (χ2n) is 1.14. The monoisotopic (exact) mass is 95.1 g/mol. The van der Waals surface area contributed by atoms with Crippen LogP contribution in [0, 0.1) is 5.41 Å². The summed E-state index contributed by atoms with van der Waals surface area (Å²) >= 11 is 0. The Morgan fingerprint density at radius 3 is 2.29 bits per heavy atom. The molecule has 0 rings (SSSR count). The van der Waals surface area contributed by atoms with Gasteiger partial charge in [0.25, 0.3) is 0 Å². The van der Waals surface area contributed by atoms with E-state index in [-0.39, 0.29) is 0 Å². The van der Waals surface area contributed by atoms with Crippen LogP contribution in [0.1, 0.15) is 6.92 Å². The highest BCUT2D eigenvalue weighted by molar-refractivity contribution is 5.79. The summed E-state index contributed by atoms with van der Waals surface area (Å²) in [5.74, 6) is 0. The van der Waals surface area contributed by atoms with Crippen molar-refractivity contribution in [1.29, 1.82) is 5.41 Å². The van der Waals surface area contributed by atoms with Crippen LogP contribution in [0.2, 0.25) is 0 Å². The van der Waals surface area contributed by atoms with Crippen LogP contribution in [0.3, 0.4) is 0 Å². The number of allylic oxidation sites excluding steroid dienone is 3. The summed E-state index contributed by atoms with van der Waals surface area (Å²) in [4.78, 5) is 0. The van der Waals surface area contributed by atoms with Gasteiger partial charge in [-0.2, -0.15) is 0 Å². The van der Waals surface area contributed by atoms with Crippen molar-refractivity contribution < 1.29 is 0 Å². The van der Waals surface area contributed by atoms with Gasteiger partial charge in [-0.1, -0.05) is 18.7 Å². The van der Waals surface area contributed by atoms with Crippen LogP contribution >= 0.6 is 0 Å². The third-order valence-corrected chi connectivity index (χ3v) is 0.736. The molecule has 0 amide bonds. The van der Waals surface area contributed by atoms with E-state index in [1.807, 2.05) is 13.0 Å². The normalized spacial score (nSPS) is 10.7. The fourth-order valence-electron chi connectivity index (χ4n) is 0.260. The summed E-state index contributed by atoms with van der Waals surface area (Å²) in [6.45, 7) is 5.36. The van der Waals surface area contributed by atoms with E-state index in [1.54, 1.807) is 6.08 Å². The lowest BCUT2D eigenvalue weighted by Gasteiger charge is -1.80. The molecular weight excluding hydrogens is 86.1 g/mol. The first-order valence-corrected chi connectivity index (χ1v) is 2.14. The zero-order chi connectivity index (χ0) is 5.70. The predicted octanol–water partition coefficient (Wildman–Crippen LogP) is 1.77. The van der Waals surface area contributed by atoms with E-state index in [4.69, 9.17) is 5.41 Å². The van der Waals surface area contributed by atoms with Gasteiger partial charge >= 0.3 is 0 Å². The van der Waals surface area contributed by atoms with Gasteiger partial charge in [-0.15, -0.1) is 0 Å². The van der Waals surface area contributed by atoms with Gasteiger partial charge < -0.3 is 5.41 Å². The van der Waals surface area contributed by atoms with Crippen molar-refractivity contribution in [2.75, 3.05) is 0 Å². The van der Waals surface area contributed by atoms with E-state index in [0.717, 1.165) is 5.57 Å². The molecule has 0 spiro atoms. The Labute approximate surface area is 43.9 Å². The fourth-order valence-corrected chi connectivity index (χ4v) is 0.260. The molecule has 0 atom stereocenters. The maximum Gasteiger partial charge on any atom is 0.0246 e. The van der Waals surface area contributed by atoms with Gasteiger partial charge in [0.1, 0.15) is 0 Å². The second kappa shape index (κ2) is 3.34. The average Bonchev–Trinajstić information content (AvgIpc) is 1.72. The molecule has 38 valence electrons. The molecule has 7 heavy (non-hydrogen) atoms. The van der Waals surface area contributed by atoms with Crippen LogP contribution in [-0.4, -0.2) is 6.21 Å². The van der Waals surface area contributed by atoms with Crippen molar-refractivity contribution in [2.24, 2.45) is 0 Å². The van der Waals surface area contributed by atoms with E-state index in [9.17, 15) is 0 Å². The van der Waals surface area contributed by atoms with E-state index < -0.39 is 0 Å². The van der Waals surface area contributed by atoms with Crippen molar-refractivity contribution in [2.45, 2.75) is 6.92 Å². The molecule has 0 radical (unpaired) electrons. The molecule has 1 nitrogen and oxygen atoms in total. The van der Waals surface area contributed by atoms with Crippen molar-refractivity contribution in [3.05, 3.63) is 24.3 Å². The van der Waals surface area contributed by atoms with Gasteiger partial charge in [-0.25, -0.2) is 0 Å². The molecule has 0 saturated heterocycles. The first kappa shape index (κ1) is 6.15. The lowest BCUT2D eigenvalue weighted by Crippen LogP contribution is -1.71. The van der Waals surface area contributed by atoms with Gasteiger partial charge in [-0.3, -0.25) is 0 Å². The molecule has 0 bridgehead atoms. The lowest BCUT2D eigenvalue weighted by molar-refractivity contribution is 1.54. The molecule has 0 fully saturated rings. The summed E-state index contributed by atoms with van der Waals surface area (Å²) in [5.41, 5.74) is 0.861. The minimum absolute atomic E-state index is 0.861. The summed E-state index contributed by atoms with van der Waals surface area (Å²) < 4.78 is 0. The van der Waals surface area contributed by atoms with E-state index in [0.29, 0.717) is 0 Å². The van der Waals surface area contributed by atoms with Gasteiger partial charge in [0, 0.05) is 6.21 Å². The zero-order valence-corrected chi connectivity index (χ0v) is 4.44. The number of hydrogen-bond donors (Lipinski definition) is 1. The first-order valence-electron chi connectivity index (χ1n) is 2.14. The summed E-state index contributed by atoms with van der Waals surface area (Å²) in [6.07, 6.45) is 4.75. The van der Waals surface area contributed by atoms with Crippen molar-refractivity contribution in [1.82, 2.24) is 0 Å². The van der Waals surface area contributed by atoms with E-state index in [1.165, 1.54) is 6.21 Å². The smallest absolute Gasteiger partial charge is 0.0246 e. The fraction of sp³-hybridized carbons (Fsp3) is 0.167. The molecule has 1 N–H and O–H groups in total. The van der Waals surface area contributed by atoms with Gasteiger partial charge in [-0.05, 0) is 12.5 Å². The minimum Gasteiger partial charge on any atom is -0.308 e. The Balaban J connectivity index is 3.85. The Morgan fingerprint density at radius 2 is 2.29 bits per heavy atom. The molecule has 0 heterocycles. The standard InChI is InChI=1S/C6H9N/c1-3-6(4-2)5-7/h3-5,7H,1H2,2H3/b6-4-,7-5?. The van der Waals surface area contributed by atoms with Crippen LogP contribution < -0.4 is 0 Å². The quantitative estimate of drug-likeness (QED) is 0.399. The highest BCUT2D eigenvalue weighted by Crippen LogP contribution is 1.86. The van der Waals surface area contributed by atoms with Crippen LogP contribution in [0.5, 0.6) is 0 Å². The molecule has 0 saturated carbocycles. The largest absolute Gasteiger partial charge is 0.308 e. The summed E-state index contributed by atoms with van der Waals surface area (Å²) in [7, 11) is 0. The molecule has 0 aromatic carbocycles. The zero-order valence-electron chi connectivity index (χ0n) is 4.44. The van der Waals surface area contributed by atoms with Gasteiger partial charge in [0.15, 0.2) is 0 Å². The van der Waals surface area contributed by atoms with Gasteiger partial charge in [0.2, 0.25) is 0 Å². The topological polar surface area (TPSA) is 23.9 Å². The van der Waals surface area contributed by atoms with E-state index >= 15 is 0 Å². The molecular formula is C6H9N. The van der Waals surface area contributed by atoms with Crippen molar-refractivity contribution in [3.63, 3.8) is 0 Å². The highest BCUT2D eigenvalue weighted by Gasteiger charge is 1.73. The molecule has 0 aromatic heterocycles. The summed E-state index contributed by atoms with van der Waals surface area (Å²) in [6, 6.07) is 0. The van der Waals surface area contributed by atoms with Crippen LogP contribution in [0.4, 0.5) is 0 Å². The highest BCUT2D eigenvalue weighted by atomic mass is 14.3. The molecule has 0 aliphatic heterocycles. The van der Waals surface area contributed by atoms with Gasteiger partial charge in [0.05, 0.1) is 0 Å². The van der Waals surface area contributed by atoms with E-state index in [2.05, 4.69) is 6.58 Å². The third-order valence-electron chi connectivity index (χ3n) is 0.736. The average molecular weight is 95.1 g/mol. The molecule has 0 aliphatic carbocycles. The maximum atomic E-state index is 6.70. The Morgan fingerprint density at radius 1 is 1.71 bits per heavy atom. The SMILES string of the molecule is C=C/C(C=N)=C/C.